The van der Waals surface area contributed by atoms with Crippen molar-refractivity contribution < 1.29 is 19.1 Å². The molecule has 0 unspecified atom stereocenters. The van der Waals surface area contributed by atoms with Gasteiger partial charge in [0, 0.05) is 6.04 Å². The molecule has 1 aliphatic carbocycles. The maximum absolute atomic E-state index is 11.7. The number of hydrogen-bond acceptors (Lipinski definition) is 4. The highest BCUT2D eigenvalue weighted by Crippen LogP contribution is 2.21. The zero-order valence-corrected chi connectivity index (χ0v) is 11.4. The predicted molar refractivity (Wildman–Crippen MR) is 67.0 cm³/mol. The Labute approximate surface area is 108 Å². The molecule has 0 aromatic rings. The van der Waals surface area contributed by atoms with Gasteiger partial charge in [0.1, 0.15) is 5.60 Å². The molecule has 0 radical (unpaired) electrons. The van der Waals surface area contributed by atoms with Crippen molar-refractivity contribution in [2.75, 3.05) is 7.11 Å². The standard InChI is InChI=1S/C13H21NO4/c1-13(2,3)18-12(16)14-10-8-6-5-7-9(10)11(15)17-4/h5-6,9-10H,7-8H2,1-4H3,(H,14,16)/t9-,10-/m1/s1. The summed E-state index contributed by atoms with van der Waals surface area (Å²) in [4.78, 5) is 23.3. The predicted octanol–water partition coefficient (Wildman–Crippen LogP) is 2.02. The van der Waals surface area contributed by atoms with Crippen LogP contribution in [0.2, 0.25) is 0 Å². The highest BCUT2D eigenvalue weighted by molar-refractivity contribution is 5.75. The van der Waals surface area contributed by atoms with E-state index in [9.17, 15) is 9.59 Å². The van der Waals surface area contributed by atoms with Gasteiger partial charge in [0.15, 0.2) is 0 Å². The smallest absolute Gasteiger partial charge is 0.407 e. The second kappa shape index (κ2) is 5.89. The summed E-state index contributed by atoms with van der Waals surface area (Å²) in [6.45, 7) is 5.39. The van der Waals surface area contributed by atoms with Gasteiger partial charge in [-0.2, -0.15) is 0 Å². The largest absolute Gasteiger partial charge is 0.469 e. The third-order valence-corrected chi connectivity index (χ3v) is 2.64. The summed E-state index contributed by atoms with van der Waals surface area (Å²) in [6.07, 6.45) is 4.55. The first kappa shape index (κ1) is 14.5. The number of hydrogen-bond donors (Lipinski definition) is 1. The van der Waals surface area contributed by atoms with Crippen molar-refractivity contribution in [3.05, 3.63) is 12.2 Å². The fraction of sp³-hybridized carbons (Fsp3) is 0.692. The molecule has 0 saturated carbocycles. The van der Waals surface area contributed by atoms with Crippen molar-refractivity contribution in [3.63, 3.8) is 0 Å². The highest BCUT2D eigenvalue weighted by atomic mass is 16.6. The fourth-order valence-electron chi connectivity index (χ4n) is 1.84. The Hall–Kier alpha value is -1.52. The van der Waals surface area contributed by atoms with Crippen LogP contribution in [0.4, 0.5) is 4.79 Å². The lowest BCUT2D eigenvalue weighted by atomic mass is 9.89. The van der Waals surface area contributed by atoms with Crippen molar-refractivity contribution >= 4 is 12.1 Å². The molecule has 1 rings (SSSR count). The summed E-state index contributed by atoms with van der Waals surface area (Å²) in [7, 11) is 1.35. The van der Waals surface area contributed by atoms with Crippen molar-refractivity contribution in [1.29, 1.82) is 0 Å². The van der Waals surface area contributed by atoms with Gasteiger partial charge in [0.05, 0.1) is 13.0 Å². The molecule has 0 aromatic carbocycles. The normalized spacial score (nSPS) is 23.3. The minimum absolute atomic E-state index is 0.266. The molecule has 0 spiro atoms. The number of esters is 1. The lowest BCUT2D eigenvalue weighted by Crippen LogP contribution is -2.46. The van der Waals surface area contributed by atoms with Gasteiger partial charge >= 0.3 is 12.1 Å². The zero-order valence-electron chi connectivity index (χ0n) is 11.4. The molecule has 0 bridgehead atoms. The van der Waals surface area contributed by atoms with Gasteiger partial charge in [-0.05, 0) is 33.6 Å². The SMILES string of the molecule is COC(=O)[C@@H]1CC=CC[C@H]1NC(=O)OC(C)(C)C. The third kappa shape index (κ3) is 4.39. The third-order valence-electron chi connectivity index (χ3n) is 2.64. The molecule has 0 fully saturated rings. The van der Waals surface area contributed by atoms with Crippen LogP contribution >= 0.6 is 0 Å². The Morgan fingerprint density at radius 1 is 1.22 bits per heavy atom. The van der Waals surface area contributed by atoms with E-state index in [0.717, 1.165) is 0 Å². The monoisotopic (exact) mass is 255 g/mol. The molecule has 1 aliphatic rings. The van der Waals surface area contributed by atoms with Gasteiger partial charge in [0.2, 0.25) is 0 Å². The average Bonchev–Trinajstić information content (AvgIpc) is 2.26. The number of carbonyl (C=O) groups is 2. The number of carbonyl (C=O) groups excluding carboxylic acids is 2. The van der Waals surface area contributed by atoms with Crippen LogP contribution in [0, 0.1) is 5.92 Å². The molecule has 1 amide bonds. The van der Waals surface area contributed by atoms with E-state index in [2.05, 4.69) is 5.32 Å². The number of allylic oxidation sites excluding steroid dienone is 1. The van der Waals surface area contributed by atoms with E-state index in [1.165, 1.54) is 7.11 Å². The number of amides is 1. The summed E-state index contributed by atoms with van der Waals surface area (Å²) >= 11 is 0. The lowest BCUT2D eigenvalue weighted by Gasteiger charge is -2.28. The highest BCUT2D eigenvalue weighted by Gasteiger charge is 2.31. The van der Waals surface area contributed by atoms with Crippen LogP contribution in [0.5, 0.6) is 0 Å². The molecule has 18 heavy (non-hydrogen) atoms. The van der Waals surface area contributed by atoms with E-state index in [0.29, 0.717) is 12.8 Å². The molecule has 5 nitrogen and oxygen atoms in total. The second-order valence-electron chi connectivity index (χ2n) is 5.33. The molecule has 0 heterocycles. The van der Waals surface area contributed by atoms with Gasteiger partial charge < -0.3 is 14.8 Å². The number of ether oxygens (including phenoxy) is 2. The van der Waals surface area contributed by atoms with E-state index < -0.39 is 11.7 Å². The van der Waals surface area contributed by atoms with E-state index in [1.54, 1.807) is 20.8 Å². The van der Waals surface area contributed by atoms with Crippen LogP contribution in [0.1, 0.15) is 33.6 Å². The molecule has 1 N–H and O–H groups in total. The maximum Gasteiger partial charge on any atom is 0.407 e. The Kier molecular flexibility index (Phi) is 4.76. The van der Waals surface area contributed by atoms with Crippen molar-refractivity contribution in [2.24, 2.45) is 5.92 Å². The summed E-state index contributed by atoms with van der Waals surface area (Å²) in [5.74, 6) is -0.645. The van der Waals surface area contributed by atoms with Crippen LogP contribution in [-0.4, -0.2) is 30.8 Å². The van der Waals surface area contributed by atoms with Crippen LogP contribution in [0.15, 0.2) is 12.2 Å². The molecule has 5 heteroatoms. The van der Waals surface area contributed by atoms with E-state index in [4.69, 9.17) is 9.47 Å². The topological polar surface area (TPSA) is 64.6 Å². The van der Waals surface area contributed by atoms with Crippen LogP contribution < -0.4 is 5.32 Å². The number of methoxy groups -OCH3 is 1. The molecule has 0 saturated heterocycles. The van der Waals surface area contributed by atoms with Gasteiger partial charge in [-0.15, -0.1) is 0 Å². The Morgan fingerprint density at radius 3 is 2.39 bits per heavy atom. The average molecular weight is 255 g/mol. The Bertz CT molecular complexity index is 343. The lowest BCUT2D eigenvalue weighted by molar-refractivity contribution is -0.146. The first-order valence-corrected chi connectivity index (χ1v) is 6.06. The summed E-state index contributed by atoms with van der Waals surface area (Å²) in [6, 6.07) is -0.266. The molecule has 102 valence electrons. The number of nitrogens with one attached hydrogen (secondary N) is 1. The maximum atomic E-state index is 11.7. The van der Waals surface area contributed by atoms with Gasteiger partial charge in [-0.3, -0.25) is 4.79 Å². The Morgan fingerprint density at radius 2 is 1.83 bits per heavy atom. The van der Waals surface area contributed by atoms with Gasteiger partial charge in [-0.1, -0.05) is 12.2 Å². The van der Waals surface area contributed by atoms with Crippen molar-refractivity contribution in [2.45, 2.75) is 45.3 Å². The van der Waals surface area contributed by atoms with Crippen LogP contribution in [0.25, 0.3) is 0 Å². The van der Waals surface area contributed by atoms with Crippen molar-refractivity contribution in [1.82, 2.24) is 5.32 Å². The Balaban J connectivity index is 2.61. The summed E-state index contributed by atoms with van der Waals surface area (Å²) < 4.78 is 9.91. The minimum Gasteiger partial charge on any atom is -0.469 e. The minimum atomic E-state index is -0.546. The number of rotatable bonds is 2. The first-order valence-electron chi connectivity index (χ1n) is 6.06. The quantitative estimate of drug-likeness (QED) is 0.605. The molecule has 0 aliphatic heterocycles. The summed E-state index contributed by atoms with van der Waals surface area (Å²) in [5.41, 5.74) is -0.546. The molecule has 0 aromatic heterocycles. The van der Waals surface area contributed by atoms with Crippen LogP contribution in [-0.2, 0) is 14.3 Å². The zero-order chi connectivity index (χ0) is 13.8. The van der Waals surface area contributed by atoms with E-state index in [-0.39, 0.29) is 17.9 Å². The van der Waals surface area contributed by atoms with E-state index >= 15 is 0 Å². The van der Waals surface area contributed by atoms with Gasteiger partial charge in [0.25, 0.3) is 0 Å². The fourth-order valence-corrected chi connectivity index (χ4v) is 1.84. The number of alkyl carbamates (subject to hydrolysis) is 1. The van der Waals surface area contributed by atoms with Crippen molar-refractivity contribution in [3.8, 4) is 0 Å². The molecular weight excluding hydrogens is 234 g/mol. The summed E-state index contributed by atoms with van der Waals surface area (Å²) in [5, 5.41) is 2.73. The second-order valence-corrected chi connectivity index (χ2v) is 5.33. The molecular formula is C13H21NO4. The molecule has 2 atom stereocenters. The first-order chi connectivity index (χ1) is 8.33. The van der Waals surface area contributed by atoms with E-state index in [1.807, 2.05) is 12.2 Å². The van der Waals surface area contributed by atoms with Gasteiger partial charge in [-0.25, -0.2) is 4.79 Å². The van der Waals surface area contributed by atoms with Crippen LogP contribution in [0.3, 0.4) is 0 Å².